The van der Waals surface area contributed by atoms with Gasteiger partial charge in [-0.15, -0.1) is 11.3 Å². The van der Waals surface area contributed by atoms with E-state index < -0.39 is 21.8 Å². The van der Waals surface area contributed by atoms with Gasteiger partial charge in [0.25, 0.3) is 10.0 Å². The number of carbonyl (C=O) groups excluding carboxylic acids is 1. The summed E-state index contributed by atoms with van der Waals surface area (Å²) in [6, 6.07) is 15.8. The Hall–Kier alpha value is -3.30. The first-order chi connectivity index (χ1) is 14.3. The standard InChI is InChI=1S/C21H15FN2O4S2/c1-24(30(26,27)18-9-3-15(22)4-10-18)16-5-7-17(8-6-16)28-21(25)14-2-11-19-20(12-14)29-13-23-19/h2-13H,1H3. The van der Waals surface area contributed by atoms with Gasteiger partial charge in [0.2, 0.25) is 0 Å². The largest absolute Gasteiger partial charge is 0.423 e. The maximum atomic E-state index is 13.1. The number of aromatic nitrogens is 1. The smallest absolute Gasteiger partial charge is 0.343 e. The third-order valence-corrected chi connectivity index (χ3v) is 7.04. The second-order valence-electron chi connectivity index (χ2n) is 6.34. The van der Waals surface area contributed by atoms with E-state index in [-0.39, 0.29) is 10.6 Å². The molecular formula is C21H15FN2O4S2. The third kappa shape index (κ3) is 3.89. The quantitative estimate of drug-likeness (QED) is 0.336. The van der Waals surface area contributed by atoms with Crippen molar-refractivity contribution in [1.29, 1.82) is 0 Å². The molecule has 6 nitrogen and oxygen atoms in total. The molecule has 0 bridgehead atoms. The van der Waals surface area contributed by atoms with Crippen LogP contribution in [0, 0.1) is 5.82 Å². The lowest BCUT2D eigenvalue weighted by Crippen LogP contribution is -2.26. The van der Waals surface area contributed by atoms with Gasteiger partial charge in [-0.05, 0) is 66.7 Å². The van der Waals surface area contributed by atoms with Gasteiger partial charge < -0.3 is 4.74 Å². The molecule has 30 heavy (non-hydrogen) atoms. The van der Waals surface area contributed by atoms with Crippen molar-refractivity contribution in [3.05, 3.63) is 83.6 Å². The van der Waals surface area contributed by atoms with Gasteiger partial charge in [-0.2, -0.15) is 0 Å². The van der Waals surface area contributed by atoms with E-state index in [4.69, 9.17) is 4.74 Å². The number of hydrogen-bond donors (Lipinski definition) is 0. The number of sulfonamides is 1. The Morgan fingerprint density at radius 1 is 1.03 bits per heavy atom. The van der Waals surface area contributed by atoms with E-state index in [0.717, 1.165) is 26.7 Å². The maximum Gasteiger partial charge on any atom is 0.343 e. The summed E-state index contributed by atoms with van der Waals surface area (Å²) in [4.78, 5) is 16.5. The normalized spacial score (nSPS) is 11.4. The van der Waals surface area contributed by atoms with Crippen LogP contribution in [0.15, 0.2) is 77.1 Å². The number of esters is 1. The topological polar surface area (TPSA) is 76.6 Å². The molecule has 0 unspecified atom stereocenters. The summed E-state index contributed by atoms with van der Waals surface area (Å²) < 4.78 is 45.8. The van der Waals surface area contributed by atoms with Crippen LogP contribution < -0.4 is 9.04 Å². The van der Waals surface area contributed by atoms with E-state index in [1.807, 2.05) is 0 Å². The second kappa shape index (κ2) is 7.85. The highest BCUT2D eigenvalue weighted by molar-refractivity contribution is 7.92. The molecule has 3 aromatic carbocycles. The van der Waals surface area contributed by atoms with Gasteiger partial charge >= 0.3 is 5.97 Å². The fourth-order valence-electron chi connectivity index (χ4n) is 2.78. The average molecular weight is 442 g/mol. The molecule has 0 aliphatic carbocycles. The predicted molar refractivity (Wildman–Crippen MR) is 113 cm³/mol. The van der Waals surface area contributed by atoms with E-state index in [1.54, 1.807) is 23.7 Å². The predicted octanol–water partition coefficient (Wildman–Crippen LogP) is 4.48. The summed E-state index contributed by atoms with van der Waals surface area (Å²) in [5.74, 6) is -0.761. The van der Waals surface area contributed by atoms with Crippen LogP contribution in [0.1, 0.15) is 10.4 Å². The van der Waals surface area contributed by atoms with Gasteiger partial charge in [0.1, 0.15) is 11.6 Å². The van der Waals surface area contributed by atoms with Crippen molar-refractivity contribution in [2.75, 3.05) is 11.4 Å². The monoisotopic (exact) mass is 442 g/mol. The first-order valence-electron chi connectivity index (χ1n) is 8.74. The Morgan fingerprint density at radius 3 is 2.43 bits per heavy atom. The summed E-state index contributed by atoms with van der Waals surface area (Å²) >= 11 is 1.43. The minimum absolute atomic E-state index is 0.0274. The van der Waals surface area contributed by atoms with E-state index in [0.29, 0.717) is 11.3 Å². The van der Waals surface area contributed by atoms with Crippen molar-refractivity contribution in [3.63, 3.8) is 0 Å². The number of ether oxygens (including phenoxy) is 1. The van der Waals surface area contributed by atoms with E-state index in [1.165, 1.54) is 54.8 Å². The van der Waals surface area contributed by atoms with Crippen molar-refractivity contribution in [2.45, 2.75) is 4.90 Å². The number of anilines is 1. The lowest BCUT2D eigenvalue weighted by atomic mass is 10.2. The molecule has 1 aromatic heterocycles. The van der Waals surface area contributed by atoms with E-state index >= 15 is 0 Å². The number of carbonyl (C=O) groups is 1. The molecule has 0 spiro atoms. The second-order valence-corrected chi connectivity index (χ2v) is 9.20. The highest BCUT2D eigenvalue weighted by Gasteiger charge is 2.21. The molecular weight excluding hydrogens is 427 g/mol. The molecule has 0 atom stereocenters. The van der Waals surface area contributed by atoms with Crippen molar-refractivity contribution in [3.8, 4) is 5.75 Å². The first kappa shape index (κ1) is 20.0. The van der Waals surface area contributed by atoms with Gasteiger partial charge in [0.05, 0.1) is 31.9 Å². The number of benzene rings is 3. The average Bonchev–Trinajstić information content (AvgIpc) is 3.22. The molecule has 0 saturated heterocycles. The number of thiazole rings is 1. The first-order valence-corrected chi connectivity index (χ1v) is 11.1. The van der Waals surface area contributed by atoms with Gasteiger partial charge in [-0.25, -0.2) is 22.6 Å². The van der Waals surface area contributed by atoms with Crippen LogP contribution >= 0.6 is 11.3 Å². The summed E-state index contributed by atoms with van der Waals surface area (Å²) in [6.45, 7) is 0. The molecule has 0 aliphatic heterocycles. The van der Waals surface area contributed by atoms with Crippen LogP contribution in [-0.2, 0) is 10.0 Å². The van der Waals surface area contributed by atoms with Gasteiger partial charge in [-0.3, -0.25) is 4.31 Å². The number of fused-ring (bicyclic) bond motifs is 1. The minimum Gasteiger partial charge on any atom is -0.423 e. The van der Waals surface area contributed by atoms with Crippen LogP contribution in [0.25, 0.3) is 10.2 Å². The molecule has 0 aliphatic rings. The Labute approximate surface area is 176 Å². The SMILES string of the molecule is CN(c1ccc(OC(=O)c2ccc3ncsc3c2)cc1)S(=O)(=O)c1ccc(F)cc1. The molecule has 0 radical (unpaired) electrons. The highest BCUT2D eigenvalue weighted by Crippen LogP contribution is 2.25. The van der Waals surface area contributed by atoms with Crippen LogP contribution in [-0.4, -0.2) is 26.4 Å². The zero-order chi connectivity index (χ0) is 21.3. The summed E-state index contributed by atoms with van der Waals surface area (Å²) in [6.07, 6.45) is 0. The zero-order valence-corrected chi connectivity index (χ0v) is 17.3. The number of hydrogen-bond acceptors (Lipinski definition) is 6. The number of rotatable bonds is 5. The van der Waals surface area contributed by atoms with Crippen molar-refractivity contribution < 1.29 is 22.3 Å². The van der Waals surface area contributed by atoms with Crippen molar-refractivity contribution in [2.24, 2.45) is 0 Å². The number of halogens is 1. The van der Waals surface area contributed by atoms with Crippen LogP contribution in [0.2, 0.25) is 0 Å². The lowest BCUT2D eigenvalue weighted by Gasteiger charge is -2.19. The molecule has 0 fully saturated rings. The molecule has 4 aromatic rings. The van der Waals surface area contributed by atoms with Crippen molar-refractivity contribution >= 4 is 43.2 Å². The third-order valence-electron chi connectivity index (χ3n) is 4.45. The highest BCUT2D eigenvalue weighted by atomic mass is 32.2. The van der Waals surface area contributed by atoms with Crippen LogP contribution in [0.3, 0.4) is 0 Å². The number of nitrogens with zero attached hydrogens (tertiary/aromatic N) is 2. The molecule has 1 heterocycles. The molecule has 0 N–H and O–H groups in total. The summed E-state index contributed by atoms with van der Waals surface area (Å²) in [5.41, 5.74) is 3.28. The van der Waals surface area contributed by atoms with E-state index in [2.05, 4.69) is 4.98 Å². The maximum absolute atomic E-state index is 13.1. The van der Waals surface area contributed by atoms with Gasteiger partial charge in [0.15, 0.2) is 0 Å². The van der Waals surface area contributed by atoms with Crippen LogP contribution in [0.4, 0.5) is 10.1 Å². The molecule has 0 saturated carbocycles. The Morgan fingerprint density at radius 2 is 1.73 bits per heavy atom. The fourth-order valence-corrected chi connectivity index (χ4v) is 4.69. The Balaban J connectivity index is 1.50. The van der Waals surface area contributed by atoms with E-state index in [9.17, 15) is 17.6 Å². The fraction of sp³-hybridized carbons (Fsp3) is 0.0476. The van der Waals surface area contributed by atoms with Gasteiger partial charge in [-0.1, -0.05) is 0 Å². The Bertz CT molecular complexity index is 1320. The molecule has 4 rings (SSSR count). The van der Waals surface area contributed by atoms with Gasteiger partial charge in [0, 0.05) is 7.05 Å². The summed E-state index contributed by atoms with van der Waals surface area (Å²) in [5, 5.41) is 0. The summed E-state index contributed by atoms with van der Waals surface area (Å²) in [7, 11) is -2.46. The van der Waals surface area contributed by atoms with Crippen molar-refractivity contribution in [1.82, 2.24) is 4.98 Å². The lowest BCUT2D eigenvalue weighted by molar-refractivity contribution is 0.0735. The minimum atomic E-state index is -3.85. The van der Waals surface area contributed by atoms with Crippen LogP contribution in [0.5, 0.6) is 5.75 Å². The zero-order valence-electron chi connectivity index (χ0n) is 15.7. The molecule has 9 heteroatoms. The molecule has 0 amide bonds. The Kier molecular flexibility index (Phi) is 5.23. The molecule has 152 valence electrons.